The number of nitrogens with zero attached hydrogens (tertiary/aromatic N) is 2. The highest BCUT2D eigenvalue weighted by atomic mass is 15.0. The summed E-state index contributed by atoms with van der Waals surface area (Å²) in [6, 6.07) is 4.48. The number of pyridine rings is 1. The Labute approximate surface area is 95.8 Å². The number of aromatic nitrogens is 1. The molecule has 0 aromatic carbocycles. The number of nitriles is 1. The Kier molecular flexibility index (Phi) is 3.21. The van der Waals surface area contributed by atoms with Crippen LogP contribution >= 0.6 is 0 Å². The molecule has 1 aliphatic carbocycles. The largest absolute Gasteiger partial charge is 0.366 e. The smallest absolute Gasteiger partial charge is 0.144 e. The van der Waals surface area contributed by atoms with Crippen LogP contribution in [-0.2, 0) is 0 Å². The fourth-order valence-corrected chi connectivity index (χ4v) is 1.93. The van der Waals surface area contributed by atoms with Crippen molar-refractivity contribution in [1.29, 1.82) is 5.26 Å². The second kappa shape index (κ2) is 4.80. The van der Waals surface area contributed by atoms with Crippen molar-refractivity contribution in [1.82, 2.24) is 4.98 Å². The molecule has 2 rings (SSSR count). The third-order valence-electron chi connectivity index (χ3n) is 2.88. The van der Waals surface area contributed by atoms with Gasteiger partial charge in [0.2, 0.25) is 0 Å². The number of nitrogens with one attached hydrogen (secondary N) is 1. The van der Waals surface area contributed by atoms with Crippen LogP contribution in [0.2, 0.25) is 0 Å². The van der Waals surface area contributed by atoms with Gasteiger partial charge in [0.05, 0.1) is 5.56 Å². The zero-order valence-electron chi connectivity index (χ0n) is 9.40. The van der Waals surface area contributed by atoms with E-state index in [0.717, 1.165) is 30.6 Å². The van der Waals surface area contributed by atoms with Crippen molar-refractivity contribution < 1.29 is 0 Å². The first-order chi connectivity index (χ1) is 7.81. The number of hydrogen-bond donors (Lipinski definition) is 1. The maximum atomic E-state index is 9.08. The molecule has 0 spiro atoms. The van der Waals surface area contributed by atoms with Gasteiger partial charge in [0.15, 0.2) is 0 Å². The first kappa shape index (κ1) is 10.7. The summed E-state index contributed by atoms with van der Waals surface area (Å²) in [4.78, 5) is 4.25. The highest BCUT2D eigenvalue weighted by Crippen LogP contribution is 2.20. The lowest BCUT2D eigenvalue weighted by atomic mass is 10.0. The van der Waals surface area contributed by atoms with Crippen molar-refractivity contribution in [3.8, 4) is 6.07 Å². The van der Waals surface area contributed by atoms with Crippen LogP contribution < -0.4 is 5.32 Å². The van der Waals surface area contributed by atoms with E-state index in [0.29, 0.717) is 11.6 Å². The van der Waals surface area contributed by atoms with Crippen LogP contribution in [0.5, 0.6) is 0 Å². The van der Waals surface area contributed by atoms with E-state index in [4.69, 9.17) is 5.26 Å². The molecule has 0 aliphatic heterocycles. The monoisotopic (exact) mass is 213 g/mol. The van der Waals surface area contributed by atoms with Crippen LogP contribution in [-0.4, -0.2) is 11.0 Å². The summed E-state index contributed by atoms with van der Waals surface area (Å²) in [5.74, 6) is 0.725. The molecule has 3 heteroatoms. The Morgan fingerprint density at radius 2 is 2.38 bits per heavy atom. The fourth-order valence-electron chi connectivity index (χ4n) is 1.93. The van der Waals surface area contributed by atoms with Gasteiger partial charge in [0.1, 0.15) is 11.9 Å². The highest BCUT2D eigenvalue weighted by molar-refractivity contribution is 5.55. The molecule has 82 valence electrons. The summed E-state index contributed by atoms with van der Waals surface area (Å²) >= 11 is 0. The topological polar surface area (TPSA) is 48.7 Å². The SMILES string of the molecule is Cc1ccnc(NC2CC=CCC2)c1C#N. The van der Waals surface area contributed by atoms with Gasteiger partial charge in [-0.25, -0.2) is 4.98 Å². The Morgan fingerprint density at radius 3 is 3.06 bits per heavy atom. The zero-order valence-corrected chi connectivity index (χ0v) is 9.40. The molecule has 1 N–H and O–H groups in total. The molecule has 1 unspecified atom stereocenters. The van der Waals surface area contributed by atoms with Gasteiger partial charge in [0, 0.05) is 12.2 Å². The number of anilines is 1. The lowest BCUT2D eigenvalue weighted by Crippen LogP contribution is -2.21. The summed E-state index contributed by atoms with van der Waals surface area (Å²) in [7, 11) is 0. The lowest BCUT2D eigenvalue weighted by Gasteiger charge is -2.20. The predicted octanol–water partition coefficient (Wildman–Crippen LogP) is 2.78. The minimum Gasteiger partial charge on any atom is -0.366 e. The minimum atomic E-state index is 0.409. The number of hydrogen-bond acceptors (Lipinski definition) is 3. The molecular formula is C13H15N3. The van der Waals surface area contributed by atoms with Gasteiger partial charge in [0.25, 0.3) is 0 Å². The van der Waals surface area contributed by atoms with E-state index < -0.39 is 0 Å². The van der Waals surface area contributed by atoms with E-state index in [1.165, 1.54) is 0 Å². The van der Waals surface area contributed by atoms with Crippen molar-refractivity contribution in [2.75, 3.05) is 5.32 Å². The third-order valence-corrected chi connectivity index (χ3v) is 2.88. The van der Waals surface area contributed by atoms with Crippen molar-refractivity contribution in [3.05, 3.63) is 35.5 Å². The summed E-state index contributed by atoms with van der Waals surface area (Å²) in [5.41, 5.74) is 1.64. The maximum Gasteiger partial charge on any atom is 0.144 e. The number of allylic oxidation sites excluding steroid dienone is 1. The van der Waals surface area contributed by atoms with Crippen molar-refractivity contribution in [2.45, 2.75) is 32.2 Å². The zero-order chi connectivity index (χ0) is 11.4. The molecule has 3 nitrogen and oxygen atoms in total. The van der Waals surface area contributed by atoms with E-state index >= 15 is 0 Å². The highest BCUT2D eigenvalue weighted by Gasteiger charge is 2.13. The molecular weight excluding hydrogens is 198 g/mol. The van der Waals surface area contributed by atoms with Crippen LogP contribution in [0.15, 0.2) is 24.4 Å². The van der Waals surface area contributed by atoms with Crippen LogP contribution in [0.4, 0.5) is 5.82 Å². The average molecular weight is 213 g/mol. The molecule has 1 aliphatic rings. The average Bonchev–Trinajstić information content (AvgIpc) is 2.31. The quantitative estimate of drug-likeness (QED) is 0.768. The van der Waals surface area contributed by atoms with E-state index in [2.05, 4.69) is 28.5 Å². The molecule has 0 saturated carbocycles. The van der Waals surface area contributed by atoms with E-state index in [1.54, 1.807) is 6.20 Å². The predicted molar refractivity (Wildman–Crippen MR) is 64.1 cm³/mol. The van der Waals surface area contributed by atoms with E-state index in [9.17, 15) is 0 Å². The molecule has 0 radical (unpaired) electrons. The standard InChI is InChI=1S/C13H15N3/c1-10-7-8-15-13(12(10)9-14)16-11-5-3-2-4-6-11/h2-3,7-8,11H,4-6H2,1H3,(H,15,16). The van der Waals surface area contributed by atoms with E-state index in [-0.39, 0.29) is 0 Å². The van der Waals surface area contributed by atoms with Crippen LogP contribution in [0.1, 0.15) is 30.4 Å². The summed E-state index contributed by atoms with van der Waals surface area (Å²) in [6.45, 7) is 1.94. The molecule has 1 aromatic heterocycles. The van der Waals surface area contributed by atoms with Crippen LogP contribution in [0, 0.1) is 18.3 Å². The Balaban J connectivity index is 2.18. The van der Waals surface area contributed by atoms with Gasteiger partial charge >= 0.3 is 0 Å². The van der Waals surface area contributed by atoms with Crippen LogP contribution in [0.25, 0.3) is 0 Å². The molecule has 1 atom stereocenters. The summed E-state index contributed by atoms with van der Waals surface area (Å²) < 4.78 is 0. The molecule has 1 heterocycles. The Hall–Kier alpha value is -1.82. The first-order valence-electron chi connectivity index (χ1n) is 5.58. The number of rotatable bonds is 2. The van der Waals surface area contributed by atoms with Crippen molar-refractivity contribution >= 4 is 5.82 Å². The second-order valence-corrected chi connectivity index (χ2v) is 4.09. The van der Waals surface area contributed by atoms with Crippen molar-refractivity contribution in [2.24, 2.45) is 0 Å². The number of aryl methyl sites for hydroxylation is 1. The first-order valence-corrected chi connectivity index (χ1v) is 5.58. The lowest BCUT2D eigenvalue weighted by molar-refractivity contribution is 0.642. The molecule has 0 saturated heterocycles. The third kappa shape index (κ3) is 2.22. The van der Waals surface area contributed by atoms with E-state index in [1.807, 2.05) is 13.0 Å². The normalized spacial score (nSPS) is 19.1. The van der Waals surface area contributed by atoms with Gasteiger partial charge in [-0.1, -0.05) is 12.2 Å². The second-order valence-electron chi connectivity index (χ2n) is 4.09. The van der Waals surface area contributed by atoms with Gasteiger partial charge in [-0.15, -0.1) is 0 Å². The fraction of sp³-hybridized carbons (Fsp3) is 0.385. The molecule has 0 fully saturated rings. The van der Waals surface area contributed by atoms with Crippen molar-refractivity contribution in [3.63, 3.8) is 0 Å². The minimum absolute atomic E-state index is 0.409. The molecule has 0 amide bonds. The van der Waals surface area contributed by atoms with Gasteiger partial charge in [-0.3, -0.25) is 0 Å². The molecule has 0 bridgehead atoms. The van der Waals surface area contributed by atoms with Gasteiger partial charge in [-0.05, 0) is 37.8 Å². The summed E-state index contributed by atoms with van der Waals surface area (Å²) in [5, 5.41) is 12.4. The molecule has 16 heavy (non-hydrogen) atoms. The van der Waals surface area contributed by atoms with Gasteiger partial charge < -0.3 is 5.32 Å². The van der Waals surface area contributed by atoms with Crippen LogP contribution in [0.3, 0.4) is 0 Å². The summed E-state index contributed by atoms with van der Waals surface area (Å²) in [6.07, 6.45) is 9.36. The Morgan fingerprint density at radius 1 is 1.50 bits per heavy atom. The Bertz CT molecular complexity index is 443. The maximum absolute atomic E-state index is 9.08. The molecule has 1 aromatic rings. The van der Waals surface area contributed by atoms with Gasteiger partial charge in [-0.2, -0.15) is 5.26 Å².